The fourth-order valence-electron chi connectivity index (χ4n) is 2.61. The van der Waals surface area contributed by atoms with Crippen molar-refractivity contribution in [3.63, 3.8) is 0 Å². The van der Waals surface area contributed by atoms with E-state index in [-0.39, 0.29) is 24.0 Å². The summed E-state index contributed by atoms with van der Waals surface area (Å²) in [5.41, 5.74) is 2.08. The fourth-order valence-corrected chi connectivity index (χ4v) is 2.61. The van der Waals surface area contributed by atoms with E-state index < -0.39 is 0 Å². The van der Waals surface area contributed by atoms with Crippen molar-refractivity contribution in [2.24, 2.45) is 4.99 Å². The highest BCUT2D eigenvalue weighted by atomic mass is 127. The normalized spacial score (nSPS) is 10.5. The number of hydrogen-bond donors (Lipinski definition) is 2. The number of nitrogens with one attached hydrogen (secondary N) is 2. The van der Waals surface area contributed by atoms with Crippen molar-refractivity contribution in [3.8, 4) is 23.0 Å². The first-order chi connectivity index (χ1) is 13.1. The highest BCUT2D eigenvalue weighted by molar-refractivity contribution is 14.0. The van der Waals surface area contributed by atoms with Crippen molar-refractivity contribution in [2.75, 3.05) is 35.5 Å². The Hall–Kier alpha value is -2.36. The summed E-state index contributed by atoms with van der Waals surface area (Å²) in [7, 11) is 8.18. The molecule has 0 atom stereocenters. The number of halogens is 1. The molecule has 0 fully saturated rings. The van der Waals surface area contributed by atoms with E-state index in [0.29, 0.717) is 36.3 Å². The largest absolute Gasteiger partial charge is 0.497 e. The Morgan fingerprint density at radius 2 is 1.43 bits per heavy atom. The monoisotopic (exact) mass is 501 g/mol. The third-order valence-corrected chi connectivity index (χ3v) is 4.00. The molecule has 0 amide bonds. The van der Waals surface area contributed by atoms with Gasteiger partial charge in [0, 0.05) is 20.1 Å². The van der Waals surface area contributed by atoms with Crippen LogP contribution in [0.5, 0.6) is 23.0 Å². The number of ether oxygens (including phenoxy) is 4. The maximum atomic E-state index is 5.39. The summed E-state index contributed by atoms with van der Waals surface area (Å²) in [5.74, 6) is 3.33. The number of nitrogens with zero attached hydrogens (tertiary/aromatic N) is 1. The zero-order valence-corrected chi connectivity index (χ0v) is 19.2. The van der Waals surface area contributed by atoms with Crippen molar-refractivity contribution in [1.29, 1.82) is 0 Å². The lowest BCUT2D eigenvalue weighted by Gasteiger charge is -2.16. The van der Waals surface area contributed by atoms with Crippen LogP contribution in [0.3, 0.4) is 0 Å². The molecule has 0 heterocycles. The van der Waals surface area contributed by atoms with E-state index in [1.807, 2.05) is 36.4 Å². The van der Waals surface area contributed by atoms with Gasteiger partial charge in [0.1, 0.15) is 5.75 Å². The third kappa shape index (κ3) is 6.36. The van der Waals surface area contributed by atoms with Crippen LogP contribution >= 0.6 is 24.0 Å². The maximum absolute atomic E-state index is 5.39. The summed E-state index contributed by atoms with van der Waals surface area (Å²) in [6.45, 7) is 1.18. The summed E-state index contributed by atoms with van der Waals surface area (Å²) < 4.78 is 21.4. The predicted octanol–water partition coefficient (Wildman–Crippen LogP) is 3.20. The van der Waals surface area contributed by atoms with E-state index >= 15 is 0 Å². The molecule has 7 nitrogen and oxygen atoms in total. The van der Waals surface area contributed by atoms with E-state index in [4.69, 9.17) is 18.9 Å². The first-order valence-electron chi connectivity index (χ1n) is 8.51. The van der Waals surface area contributed by atoms with Gasteiger partial charge >= 0.3 is 0 Å². The number of guanidine groups is 1. The van der Waals surface area contributed by atoms with Crippen LogP contribution in [0.25, 0.3) is 0 Å². The Kier molecular flexibility index (Phi) is 10.3. The molecule has 0 radical (unpaired) electrons. The second kappa shape index (κ2) is 12.2. The third-order valence-electron chi connectivity index (χ3n) is 4.00. The highest BCUT2D eigenvalue weighted by Crippen LogP contribution is 2.38. The van der Waals surface area contributed by atoms with Crippen LogP contribution < -0.4 is 29.6 Å². The molecule has 0 aliphatic heterocycles. The Bertz CT molecular complexity index is 759. The Morgan fingerprint density at radius 3 is 1.93 bits per heavy atom. The summed E-state index contributed by atoms with van der Waals surface area (Å²) in [5, 5.41) is 6.56. The molecule has 28 heavy (non-hydrogen) atoms. The maximum Gasteiger partial charge on any atom is 0.203 e. The summed E-state index contributed by atoms with van der Waals surface area (Å²) in [4.78, 5) is 4.26. The predicted molar refractivity (Wildman–Crippen MR) is 122 cm³/mol. The zero-order chi connectivity index (χ0) is 19.6. The van der Waals surface area contributed by atoms with Crippen molar-refractivity contribution in [3.05, 3.63) is 47.5 Å². The standard InChI is InChI=1S/C20H27N3O4.HI/c1-21-20(22-12-14-7-6-8-16(9-14)24-2)23-13-15-10-17(25-3)19(27-5)18(11-15)26-4;/h6-11H,12-13H2,1-5H3,(H2,21,22,23);1H. The van der Waals surface area contributed by atoms with Gasteiger partial charge in [-0.1, -0.05) is 12.1 Å². The van der Waals surface area contributed by atoms with Gasteiger partial charge in [-0.3, -0.25) is 4.99 Å². The first-order valence-corrected chi connectivity index (χ1v) is 8.51. The molecule has 0 saturated carbocycles. The number of benzene rings is 2. The average molecular weight is 501 g/mol. The van der Waals surface area contributed by atoms with Gasteiger partial charge < -0.3 is 29.6 Å². The minimum atomic E-state index is 0. The molecule has 0 aromatic heterocycles. The minimum absolute atomic E-state index is 0. The van der Waals surface area contributed by atoms with Crippen molar-refractivity contribution < 1.29 is 18.9 Å². The molecule has 0 aliphatic carbocycles. The van der Waals surface area contributed by atoms with E-state index in [2.05, 4.69) is 15.6 Å². The molecule has 2 aromatic rings. The number of rotatable bonds is 8. The van der Waals surface area contributed by atoms with Crippen molar-refractivity contribution in [1.82, 2.24) is 10.6 Å². The summed E-state index contributed by atoms with van der Waals surface area (Å²) >= 11 is 0. The molecule has 2 aromatic carbocycles. The lowest BCUT2D eigenvalue weighted by Crippen LogP contribution is -2.36. The average Bonchev–Trinajstić information content (AvgIpc) is 2.73. The molecule has 0 saturated heterocycles. The molecule has 8 heteroatoms. The summed E-state index contributed by atoms with van der Waals surface area (Å²) in [6, 6.07) is 11.7. The molecule has 0 bridgehead atoms. The minimum Gasteiger partial charge on any atom is -0.497 e. The second-order valence-electron chi connectivity index (χ2n) is 5.66. The number of aliphatic imine (C=N–C) groups is 1. The molecule has 154 valence electrons. The number of hydrogen-bond acceptors (Lipinski definition) is 5. The zero-order valence-electron chi connectivity index (χ0n) is 16.9. The van der Waals surface area contributed by atoms with Crippen LogP contribution in [0.15, 0.2) is 41.4 Å². The van der Waals surface area contributed by atoms with Gasteiger partial charge in [-0.25, -0.2) is 0 Å². The van der Waals surface area contributed by atoms with Crippen LogP contribution in [-0.2, 0) is 13.1 Å². The quantitative estimate of drug-likeness (QED) is 0.329. The van der Waals surface area contributed by atoms with E-state index in [1.165, 1.54) is 0 Å². The summed E-state index contributed by atoms with van der Waals surface area (Å²) in [6.07, 6.45) is 0. The molecule has 0 spiro atoms. The van der Waals surface area contributed by atoms with Gasteiger partial charge in [0.05, 0.1) is 28.4 Å². The van der Waals surface area contributed by atoms with Crippen LogP contribution in [0.4, 0.5) is 0 Å². The molecule has 0 aliphatic rings. The molecule has 2 N–H and O–H groups in total. The van der Waals surface area contributed by atoms with E-state index in [9.17, 15) is 0 Å². The van der Waals surface area contributed by atoms with Gasteiger partial charge in [-0.05, 0) is 35.4 Å². The highest BCUT2D eigenvalue weighted by Gasteiger charge is 2.13. The van der Waals surface area contributed by atoms with Crippen LogP contribution in [-0.4, -0.2) is 41.4 Å². The van der Waals surface area contributed by atoms with E-state index in [0.717, 1.165) is 16.9 Å². The fraction of sp³-hybridized carbons (Fsp3) is 0.350. The van der Waals surface area contributed by atoms with Crippen LogP contribution in [0.1, 0.15) is 11.1 Å². The molecular formula is C20H28IN3O4. The second-order valence-corrected chi connectivity index (χ2v) is 5.66. The smallest absolute Gasteiger partial charge is 0.203 e. The lowest BCUT2D eigenvalue weighted by molar-refractivity contribution is 0.323. The van der Waals surface area contributed by atoms with Gasteiger partial charge in [0.15, 0.2) is 17.5 Å². The van der Waals surface area contributed by atoms with Crippen LogP contribution in [0, 0.1) is 0 Å². The molecule has 2 rings (SSSR count). The Labute approximate surface area is 183 Å². The van der Waals surface area contributed by atoms with Crippen molar-refractivity contribution in [2.45, 2.75) is 13.1 Å². The van der Waals surface area contributed by atoms with Gasteiger partial charge in [0.25, 0.3) is 0 Å². The van der Waals surface area contributed by atoms with E-state index in [1.54, 1.807) is 35.5 Å². The van der Waals surface area contributed by atoms with Crippen molar-refractivity contribution >= 4 is 29.9 Å². The van der Waals surface area contributed by atoms with Gasteiger partial charge in [-0.2, -0.15) is 0 Å². The Morgan fingerprint density at radius 1 is 0.821 bits per heavy atom. The molecular weight excluding hydrogens is 473 g/mol. The topological polar surface area (TPSA) is 73.3 Å². The Balaban J connectivity index is 0.00000392. The lowest BCUT2D eigenvalue weighted by atomic mass is 10.2. The SMILES string of the molecule is CN=C(NCc1cccc(OC)c1)NCc1cc(OC)c(OC)c(OC)c1.I. The molecule has 0 unspecified atom stereocenters. The number of methoxy groups -OCH3 is 4. The van der Waals surface area contributed by atoms with Gasteiger partial charge in [0.2, 0.25) is 5.75 Å². The van der Waals surface area contributed by atoms with Crippen LogP contribution in [0.2, 0.25) is 0 Å². The first kappa shape index (κ1) is 23.7. The van der Waals surface area contributed by atoms with Gasteiger partial charge in [-0.15, -0.1) is 24.0 Å².